The third-order valence-electron chi connectivity index (χ3n) is 13.4. The Bertz CT molecular complexity index is 1600. The first-order chi connectivity index (χ1) is 38.0. The van der Waals surface area contributed by atoms with Crippen molar-refractivity contribution in [3.63, 3.8) is 0 Å². The van der Waals surface area contributed by atoms with Crippen LogP contribution in [0.15, 0.2) is 122 Å². The van der Waals surface area contributed by atoms with Crippen LogP contribution in [0, 0.1) is 0 Å². The fourth-order valence-corrected chi connectivity index (χ4v) is 8.63. The fourth-order valence-electron chi connectivity index (χ4n) is 8.63. The molecule has 0 heterocycles. The number of unbranched alkanes of at least 4 members (excludes halogenated alkanes) is 26. The average Bonchev–Trinajstić information content (AvgIpc) is 3.43. The third kappa shape index (κ3) is 62.5. The highest BCUT2D eigenvalue weighted by atomic mass is 16.6. The van der Waals surface area contributed by atoms with Crippen molar-refractivity contribution >= 4 is 17.9 Å². The number of ether oxygens (including phenoxy) is 3. The summed E-state index contributed by atoms with van der Waals surface area (Å²) >= 11 is 0. The molecule has 0 aromatic heterocycles. The summed E-state index contributed by atoms with van der Waals surface area (Å²) in [7, 11) is 0. The first-order valence-electron chi connectivity index (χ1n) is 32.0. The van der Waals surface area contributed by atoms with Gasteiger partial charge >= 0.3 is 17.9 Å². The zero-order valence-corrected chi connectivity index (χ0v) is 50.2. The van der Waals surface area contributed by atoms with Gasteiger partial charge in [0, 0.05) is 19.3 Å². The third-order valence-corrected chi connectivity index (χ3v) is 13.4. The molecule has 6 nitrogen and oxygen atoms in total. The van der Waals surface area contributed by atoms with E-state index in [0.717, 1.165) is 128 Å². The average molecular weight is 1070 g/mol. The SMILES string of the molecule is CC/C=C\C/C=C\C/C=C\C/C=C\C/C=C\C/C=C\CCCCC(=O)OC(COC(=O)CCCCCCC/C=C\C/C=C\CCC)COC(=O)CCCCCCCCCCCCCCC/C=C\C/C=C\CCCCCCC. The number of allylic oxidation sites excluding steroid dienone is 20. The highest BCUT2D eigenvalue weighted by Gasteiger charge is 2.19. The summed E-state index contributed by atoms with van der Waals surface area (Å²) in [5.74, 6) is -0.959. The molecule has 0 saturated heterocycles. The van der Waals surface area contributed by atoms with Gasteiger partial charge in [-0.25, -0.2) is 0 Å². The van der Waals surface area contributed by atoms with Gasteiger partial charge in [0.2, 0.25) is 0 Å². The zero-order valence-electron chi connectivity index (χ0n) is 50.2. The molecule has 0 aromatic rings. The highest BCUT2D eigenvalue weighted by molar-refractivity contribution is 5.71. The van der Waals surface area contributed by atoms with Crippen LogP contribution >= 0.6 is 0 Å². The van der Waals surface area contributed by atoms with E-state index < -0.39 is 6.10 Å². The summed E-state index contributed by atoms with van der Waals surface area (Å²) in [6.07, 6.45) is 89.2. The van der Waals surface area contributed by atoms with Crippen LogP contribution in [0.1, 0.15) is 290 Å². The van der Waals surface area contributed by atoms with Crippen LogP contribution in [0.4, 0.5) is 0 Å². The Morgan fingerprint density at radius 3 is 0.870 bits per heavy atom. The van der Waals surface area contributed by atoms with Crippen molar-refractivity contribution < 1.29 is 28.6 Å². The first kappa shape index (κ1) is 72.8. The maximum absolute atomic E-state index is 12.9. The van der Waals surface area contributed by atoms with Gasteiger partial charge in [-0.05, 0) is 128 Å². The minimum absolute atomic E-state index is 0.103. The molecule has 0 N–H and O–H groups in total. The Morgan fingerprint density at radius 2 is 0.532 bits per heavy atom. The van der Waals surface area contributed by atoms with E-state index in [1.807, 2.05) is 0 Å². The van der Waals surface area contributed by atoms with Crippen molar-refractivity contribution in [1.29, 1.82) is 0 Å². The Balaban J connectivity index is 4.40. The van der Waals surface area contributed by atoms with Crippen LogP contribution in [0.3, 0.4) is 0 Å². The highest BCUT2D eigenvalue weighted by Crippen LogP contribution is 2.15. The number of esters is 3. The van der Waals surface area contributed by atoms with Crippen LogP contribution in [-0.4, -0.2) is 37.2 Å². The number of rotatable bonds is 57. The van der Waals surface area contributed by atoms with E-state index in [-0.39, 0.29) is 37.5 Å². The molecule has 0 spiro atoms. The molecule has 1 atom stereocenters. The Labute approximate surface area is 475 Å². The van der Waals surface area contributed by atoms with Crippen LogP contribution < -0.4 is 0 Å². The van der Waals surface area contributed by atoms with E-state index in [1.54, 1.807) is 0 Å². The van der Waals surface area contributed by atoms with Gasteiger partial charge in [0.05, 0.1) is 0 Å². The molecule has 0 radical (unpaired) electrons. The van der Waals surface area contributed by atoms with Crippen LogP contribution in [0.25, 0.3) is 0 Å². The van der Waals surface area contributed by atoms with Gasteiger partial charge in [0.15, 0.2) is 6.10 Å². The maximum Gasteiger partial charge on any atom is 0.306 e. The van der Waals surface area contributed by atoms with E-state index in [4.69, 9.17) is 14.2 Å². The van der Waals surface area contributed by atoms with Crippen LogP contribution in [0.2, 0.25) is 0 Å². The maximum atomic E-state index is 12.9. The van der Waals surface area contributed by atoms with E-state index in [0.29, 0.717) is 19.3 Å². The van der Waals surface area contributed by atoms with Crippen molar-refractivity contribution in [3.8, 4) is 0 Å². The lowest BCUT2D eigenvalue weighted by Crippen LogP contribution is -2.30. The number of hydrogen-bond acceptors (Lipinski definition) is 6. The lowest BCUT2D eigenvalue weighted by Gasteiger charge is -2.18. The molecule has 438 valence electrons. The van der Waals surface area contributed by atoms with E-state index in [1.165, 1.54) is 116 Å². The minimum atomic E-state index is -0.812. The lowest BCUT2D eigenvalue weighted by molar-refractivity contribution is -0.167. The largest absolute Gasteiger partial charge is 0.462 e. The normalized spacial score (nSPS) is 12.9. The predicted octanol–water partition coefficient (Wildman–Crippen LogP) is 22.0. The molecule has 0 saturated carbocycles. The quantitative estimate of drug-likeness (QED) is 0.0261. The molecule has 0 amide bonds. The van der Waals surface area contributed by atoms with Crippen LogP contribution in [-0.2, 0) is 28.6 Å². The molecule has 0 aliphatic heterocycles. The topological polar surface area (TPSA) is 78.9 Å². The molecule has 6 heteroatoms. The van der Waals surface area contributed by atoms with Crippen molar-refractivity contribution in [2.45, 2.75) is 297 Å². The van der Waals surface area contributed by atoms with Crippen molar-refractivity contribution in [2.75, 3.05) is 13.2 Å². The lowest BCUT2D eigenvalue weighted by atomic mass is 10.0. The van der Waals surface area contributed by atoms with Gasteiger partial charge in [-0.15, -0.1) is 0 Å². The van der Waals surface area contributed by atoms with Gasteiger partial charge in [-0.3, -0.25) is 14.4 Å². The Kier molecular flexibility index (Phi) is 60.8. The molecule has 0 rings (SSSR count). The van der Waals surface area contributed by atoms with Crippen molar-refractivity contribution in [3.05, 3.63) is 122 Å². The molecule has 0 fully saturated rings. The van der Waals surface area contributed by atoms with Gasteiger partial charge in [-0.2, -0.15) is 0 Å². The standard InChI is InChI=1S/C71H118O6/c1-4-7-10-13-16-19-22-25-27-29-31-33-34-35-36-38-39-41-43-46-49-52-55-58-61-64-70(73)76-67-68(66-75-69(72)63-60-57-54-51-48-45-24-21-18-15-12-9-6-3)77-71(74)65-62-59-56-53-50-47-44-42-40-37-32-30-28-26-23-20-17-14-11-8-5-2/h8,11-12,15,17,20-22,24-26,28-29,31-32,37,42,44,50,53,68H,4-7,9-10,13-14,16,18-19,23,27,30,33-36,38-41,43,45-49,51-52,54-67H2,1-3H3/b11-8-,15-12-,20-17-,24-21-,25-22-,28-26-,31-29-,37-32-,44-42-,53-50-. The minimum Gasteiger partial charge on any atom is -0.462 e. The smallest absolute Gasteiger partial charge is 0.306 e. The Morgan fingerprint density at radius 1 is 0.273 bits per heavy atom. The zero-order chi connectivity index (χ0) is 55.7. The van der Waals surface area contributed by atoms with Gasteiger partial charge in [0.1, 0.15) is 13.2 Å². The van der Waals surface area contributed by atoms with Crippen molar-refractivity contribution in [1.82, 2.24) is 0 Å². The molecule has 0 aliphatic carbocycles. The molecule has 0 aliphatic rings. The van der Waals surface area contributed by atoms with Gasteiger partial charge in [0.25, 0.3) is 0 Å². The Hall–Kier alpha value is -4.19. The summed E-state index contributed by atoms with van der Waals surface area (Å²) in [4.78, 5) is 38.3. The molecule has 0 aromatic carbocycles. The monoisotopic (exact) mass is 1070 g/mol. The predicted molar refractivity (Wildman–Crippen MR) is 334 cm³/mol. The first-order valence-corrected chi connectivity index (χ1v) is 32.0. The number of carbonyl (C=O) groups is 3. The summed E-state index contributed by atoms with van der Waals surface area (Å²) in [5.41, 5.74) is 0. The van der Waals surface area contributed by atoms with Gasteiger partial charge in [-0.1, -0.05) is 264 Å². The van der Waals surface area contributed by atoms with E-state index in [2.05, 4.69) is 142 Å². The van der Waals surface area contributed by atoms with Crippen LogP contribution in [0.5, 0.6) is 0 Å². The number of hydrogen-bond donors (Lipinski definition) is 0. The van der Waals surface area contributed by atoms with Gasteiger partial charge < -0.3 is 14.2 Å². The summed E-state index contributed by atoms with van der Waals surface area (Å²) in [6.45, 7) is 6.42. The molecule has 0 bridgehead atoms. The summed E-state index contributed by atoms with van der Waals surface area (Å²) < 4.78 is 16.9. The fraction of sp³-hybridized carbons (Fsp3) is 0.676. The van der Waals surface area contributed by atoms with E-state index >= 15 is 0 Å². The summed E-state index contributed by atoms with van der Waals surface area (Å²) in [6, 6.07) is 0. The van der Waals surface area contributed by atoms with E-state index in [9.17, 15) is 14.4 Å². The molecule has 1 unspecified atom stereocenters. The second-order valence-corrected chi connectivity index (χ2v) is 20.9. The summed E-state index contributed by atoms with van der Waals surface area (Å²) in [5, 5.41) is 0. The molecular formula is C71H118O6. The molecule has 77 heavy (non-hydrogen) atoms. The second-order valence-electron chi connectivity index (χ2n) is 20.9. The second kappa shape index (κ2) is 64.3. The number of carbonyl (C=O) groups excluding carboxylic acids is 3. The molecular weight excluding hydrogens is 949 g/mol. The van der Waals surface area contributed by atoms with Crippen molar-refractivity contribution in [2.24, 2.45) is 0 Å².